The third kappa shape index (κ3) is 2.81. The van der Waals surface area contributed by atoms with E-state index in [0.717, 1.165) is 16.7 Å². The number of hydrogen-bond donors (Lipinski definition) is 0. The molecule has 3 atom stereocenters. The van der Waals surface area contributed by atoms with E-state index in [1.54, 1.807) is 30.7 Å². The first kappa shape index (κ1) is 20.6. The number of aromatic nitrogens is 3. The van der Waals surface area contributed by atoms with Crippen molar-refractivity contribution in [3.8, 4) is 11.8 Å². The fourth-order valence-corrected chi connectivity index (χ4v) is 6.84. The lowest BCUT2D eigenvalue weighted by Crippen LogP contribution is -2.44. The highest BCUT2D eigenvalue weighted by molar-refractivity contribution is 5.85. The van der Waals surface area contributed by atoms with E-state index in [4.69, 9.17) is 0 Å². The third-order valence-corrected chi connectivity index (χ3v) is 8.50. The standard InChI is InChI=1S/C25H23F3N4O/c1-15-13-32(22(33)23-6-8-24(14-23,9-7-23)25(26,27)28)21-18-12-29-11-16(20(18)19(15)21)4-5-17-3-2-10-30-31-17/h2-3,10-12,15,19,21H,6-9,13-14H2,1H3/t15-,19?,21+,23?,24?/m0/s1. The van der Waals surface area contributed by atoms with Crippen LogP contribution in [0.1, 0.15) is 73.4 Å². The first-order chi connectivity index (χ1) is 15.7. The van der Waals surface area contributed by atoms with Gasteiger partial charge in [0.05, 0.1) is 16.9 Å². The molecule has 2 aromatic rings. The van der Waals surface area contributed by atoms with Crippen molar-refractivity contribution in [2.75, 3.05) is 6.54 Å². The molecule has 1 unspecified atom stereocenters. The summed E-state index contributed by atoms with van der Waals surface area (Å²) in [5, 5.41) is 7.83. The van der Waals surface area contributed by atoms with E-state index in [1.807, 2.05) is 4.90 Å². The lowest BCUT2D eigenvalue weighted by molar-refractivity contribution is -0.220. The van der Waals surface area contributed by atoms with Gasteiger partial charge in [-0.15, -0.1) is 5.10 Å². The number of amides is 1. The Labute approximate surface area is 189 Å². The number of fused-ring (bicyclic) bond motifs is 6. The zero-order chi connectivity index (χ0) is 23.0. The molecule has 0 spiro atoms. The molecule has 1 amide bonds. The normalized spacial score (nSPS) is 33.7. The third-order valence-electron chi connectivity index (χ3n) is 8.50. The first-order valence-electron chi connectivity index (χ1n) is 11.4. The van der Waals surface area contributed by atoms with Crippen molar-refractivity contribution in [2.45, 2.75) is 57.2 Å². The van der Waals surface area contributed by atoms with E-state index < -0.39 is 17.0 Å². The lowest BCUT2D eigenvalue weighted by Gasteiger charge is -2.42. The van der Waals surface area contributed by atoms with Gasteiger partial charge in [-0.1, -0.05) is 12.8 Å². The summed E-state index contributed by atoms with van der Waals surface area (Å²) >= 11 is 0. The minimum atomic E-state index is -4.24. The van der Waals surface area contributed by atoms with E-state index in [2.05, 4.69) is 33.9 Å². The predicted octanol–water partition coefficient (Wildman–Crippen LogP) is 4.40. The van der Waals surface area contributed by atoms with E-state index in [-0.39, 0.29) is 43.0 Å². The van der Waals surface area contributed by atoms with Gasteiger partial charge in [0.25, 0.3) is 0 Å². The van der Waals surface area contributed by atoms with E-state index in [9.17, 15) is 18.0 Å². The van der Waals surface area contributed by atoms with Gasteiger partial charge < -0.3 is 4.90 Å². The Morgan fingerprint density at radius 3 is 2.64 bits per heavy atom. The number of carbonyl (C=O) groups excluding carboxylic acids is 1. The van der Waals surface area contributed by atoms with Crippen LogP contribution in [0.25, 0.3) is 0 Å². The summed E-state index contributed by atoms with van der Waals surface area (Å²) in [6.07, 6.45) is 1.62. The van der Waals surface area contributed by atoms with Gasteiger partial charge in [0, 0.05) is 36.6 Å². The van der Waals surface area contributed by atoms with Crippen LogP contribution in [-0.2, 0) is 4.79 Å². The SMILES string of the molecule is C[C@H]1CN(C(=O)C23CCC(C(F)(F)F)(CC2)C3)[C@@H]2c3cncc(C#Cc4cccnn4)c3C21. The summed E-state index contributed by atoms with van der Waals surface area (Å²) in [4.78, 5) is 19.9. The van der Waals surface area contributed by atoms with Gasteiger partial charge in [-0.3, -0.25) is 9.78 Å². The van der Waals surface area contributed by atoms with Crippen molar-refractivity contribution in [1.82, 2.24) is 20.1 Å². The summed E-state index contributed by atoms with van der Waals surface area (Å²) in [5.74, 6) is 6.43. The fourth-order valence-electron chi connectivity index (χ4n) is 6.84. The molecule has 6 rings (SSSR count). The molecule has 0 aromatic carbocycles. The maximum atomic E-state index is 13.7. The van der Waals surface area contributed by atoms with Crippen LogP contribution in [0.3, 0.4) is 0 Å². The van der Waals surface area contributed by atoms with Crippen LogP contribution in [0.2, 0.25) is 0 Å². The predicted molar refractivity (Wildman–Crippen MR) is 113 cm³/mol. The van der Waals surface area contributed by atoms with Crippen LogP contribution < -0.4 is 0 Å². The van der Waals surface area contributed by atoms with E-state index in [0.29, 0.717) is 25.1 Å². The largest absolute Gasteiger partial charge is 0.394 e. The molecule has 5 nitrogen and oxygen atoms in total. The second-order valence-corrected chi connectivity index (χ2v) is 10.2. The second kappa shape index (κ2) is 6.78. The highest BCUT2D eigenvalue weighted by Gasteiger charge is 2.69. The molecular formula is C25H23F3N4O. The summed E-state index contributed by atoms with van der Waals surface area (Å²) in [5.41, 5.74) is 0.924. The Balaban J connectivity index is 1.30. The van der Waals surface area contributed by atoms with Gasteiger partial charge in [-0.2, -0.15) is 18.3 Å². The molecule has 1 aliphatic heterocycles. The molecule has 3 fully saturated rings. The Morgan fingerprint density at radius 2 is 1.97 bits per heavy atom. The maximum Gasteiger partial charge on any atom is 0.394 e. The zero-order valence-corrected chi connectivity index (χ0v) is 18.2. The molecule has 4 aliphatic rings. The summed E-state index contributed by atoms with van der Waals surface area (Å²) in [7, 11) is 0. The Kier molecular flexibility index (Phi) is 4.24. The van der Waals surface area contributed by atoms with Crippen molar-refractivity contribution in [1.29, 1.82) is 0 Å². The minimum Gasteiger partial charge on any atom is -0.334 e. The molecular weight excluding hydrogens is 429 g/mol. The number of pyridine rings is 1. The lowest BCUT2D eigenvalue weighted by atomic mass is 9.68. The molecule has 33 heavy (non-hydrogen) atoms. The van der Waals surface area contributed by atoms with Crippen LogP contribution in [0.15, 0.2) is 30.7 Å². The molecule has 3 heterocycles. The monoisotopic (exact) mass is 452 g/mol. The van der Waals surface area contributed by atoms with Crippen LogP contribution in [0, 0.1) is 28.6 Å². The average Bonchev–Trinajstić information content (AvgIpc) is 3.45. The zero-order valence-electron chi connectivity index (χ0n) is 18.2. The second-order valence-electron chi connectivity index (χ2n) is 10.2. The number of nitrogens with zero attached hydrogens (tertiary/aromatic N) is 4. The van der Waals surface area contributed by atoms with Gasteiger partial charge in [0.2, 0.25) is 5.91 Å². The molecule has 8 heteroatoms. The smallest absolute Gasteiger partial charge is 0.334 e. The average molecular weight is 452 g/mol. The van der Waals surface area contributed by atoms with E-state index in [1.165, 1.54) is 0 Å². The Morgan fingerprint density at radius 1 is 1.18 bits per heavy atom. The number of likely N-dealkylation sites (tertiary alicyclic amines) is 1. The molecule has 0 radical (unpaired) electrons. The van der Waals surface area contributed by atoms with Gasteiger partial charge in [-0.25, -0.2) is 0 Å². The molecule has 0 N–H and O–H groups in total. The highest BCUT2D eigenvalue weighted by atomic mass is 19.4. The van der Waals surface area contributed by atoms with Crippen LogP contribution in [0.4, 0.5) is 13.2 Å². The summed E-state index contributed by atoms with van der Waals surface area (Å²) in [6, 6.07) is 3.44. The first-order valence-corrected chi connectivity index (χ1v) is 11.4. The number of hydrogen-bond acceptors (Lipinski definition) is 4. The van der Waals surface area contributed by atoms with Gasteiger partial charge >= 0.3 is 6.18 Å². The molecule has 2 aromatic heterocycles. The molecule has 170 valence electrons. The van der Waals surface area contributed by atoms with Gasteiger partial charge in [0.15, 0.2) is 0 Å². The highest BCUT2D eigenvalue weighted by Crippen LogP contribution is 2.69. The van der Waals surface area contributed by atoms with Crippen molar-refractivity contribution in [2.24, 2.45) is 16.7 Å². The van der Waals surface area contributed by atoms with Gasteiger partial charge in [-0.05, 0) is 67.2 Å². The minimum absolute atomic E-state index is 0.0562. The van der Waals surface area contributed by atoms with Crippen molar-refractivity contribution < 1.29 is 18.0 Å². The van der Waals surface area contributed by atoms with Crippen molar-refractivity contribution in [3.05, 3.63) is 53.1 Å². The number of alkyl halides is 3. The molecule has 1 saturated heterocycles. The summed E-state index contributed by atoms with van der Waals surface area (Å²) < 4.78 is 41.2. The fraction of sp³-hybridized carbons (Fsp3) is 0.520. The quantitative estimate of drug-likeness (QED) is 0.602. The number of rotatable bonds is 1. The van der Waals surface area contributed by atoms with Crippen LogP contribution in [0.5, 0.6) is 0 Å². The van der Waals surface area contributed by atoms with Crippen LogP contribution >= 0.6 is 0 Å². The topological polar surface area (TPSA) is 59.0 Å². The molecule has 3 aliphatic carbocycles. The van der Waals surface area contributed by atoms with Crippen molar-refractivity contribution in [3.63, 3.8) is 0 Å². The maximum absolute atomic E-state index is 13.7. The number of halogens is 3. The van der Waals surface area contributed by atoms with Gasteiger partial charge in [0.1, 0.15) is 5.69 Å². The van der Waals surface area contributed by atoms with E-state index >= 15 is 0 Å². The van der Waals surface area contributed by atoms with Crippen molar-refractivity contribution >= 4 is 5.91 Å². The number of carbonyl (C=O) groups is 1. The molecule has 2 bridgehead atoms. The van der Waals surface area contributed by atoms with Crippen LogP contribution in [-0.4, -0.2) is 38.7 Å². The summed E-state index contributed by atoms with van der Waals surface area (Å²) in [6.45, 7) is 2.66. The molecule has 2 saturated carbocycles. The Hall–Kier alpha value is -2.95. The Bertz CT molecular complexity index is 1190.